The fourth-order valence-electron chi connectivity index (χ4n) is 2.03. The van der Waals surface area contributed by atoms with E-state index in [0.717, 1.165) is 17.1 Å². The van der Waals surface area contributed by atoms with E-state index in [9.17, 15) is 5.11 Å². The molecule has 1 aromatic heterocycles. The van der Waals surface area contributed by atoms with Crippen molar-refractivity contribution in [1.82, 2.24) is 5.32 Å². The van der Waals surface area contributed by atoms with Gasteiger partial charge in [-0.1, -0.05) is 23.7 Å². The highest BCUT2D eigenvalue weighted by atomic mass is 35.5. The van der Waals surface area contributed by atoms with Crippen LogP contribution in [0.1, 0.15) is 12.2 Å². The molecule has 0 aliphatic rings. The molecule has 0 radical (unpaired) electrons. The van der Waals surface area contributed by atoms with Crippen LogP contribution >= 0.6 is 11.6 Å². The van der Waals surface area contributed by atoms with Gasteiger partial charge in [0.05, 0.1) is 24.3 Å². The van der Waals surface area contributed by atoms with Crippen LogP contribution in [-0.4, -0.2) is 31.5 Å². The minimum absolute atomic E-state index is 0.360. The van der Waals surface area contributed by atoms with Crippen LogP contribution < -0.4 is 5.32 Å². The Hall–Kier alpha value is -1.33. The number of hydrogen-bond donors (Lipinski definition) is 2. The summed E-state index contributed by atoms with van der Waals surface area (Å²) < 4.78 is 10.6. The van der Waals surface area contributed by atoms with Crippen molar-refractivity contribution in [2.45, 2.75) is 19.1 Å². The lowest BCUT2D eigenvalue weighted by Crippen LogP contribution is -2.22. The van der Waals surface area contributed by atoms with Crippen LogP contribution in [-0.2, 0) is 11.3 Å². The third kappa shape index (κ3) is 4.86. The molecule has 0 aliphatic heterocycles. The van der Waals surface area contributed by atoms with Crippen LogP contribution in [0.3, 0.4) is 0 Å². The normalized spacial score (nSPS) is 12.5. The maximum Gasteiger partial charge on any atom is 0.135 e. The number of ether oxygens (including phenoxy) is 1. The number of halogens is 1. The maximum absolute atomic E-state index is 9.53. The molecule has 1 unspecified atom stereocenters. The Kier molecular flexibility index (Phi) is 6.26. The van der Waals surface area contributed by atoms with E-state index >= 15 is 0 Å². The molecule has 1 aromatic carbocycles. The molecule has 2 N–H and O–H groups in total. The summed E-state index contributed by atoms with van der Waals surface area (Å²) in [5, 5.41) is 13.4. The molecule has 0 fully saturated rings. The summed E-state index contributed by atoms with van der Waals surface area (Å²) in [6.45, 7) is 1.68. The van der Waals surface area contributed by atoms with Crippen molar-refractivity contribution in [2.75, 3.05) is 20.3 Å². The first-order valence-electron chi connectivity index (χ1n) is 6.92. The minimum Gasteiger partial charge on any atom is -0.460 e. The van der Waals surface area contributed by atoms with Crippen molar-refractivity contribution < 1.29 is 14.3 Å². The number of aliphatic hydroxyl groups is 1. The van der Waals surface area contributed by atoms with E-state index in [-0.39, 0.29) is 0 Å². The molecule has 0 saturated heterocycles. The van der Waals surface area contributed by atoms with Gasteiger partial charge in [-0.25, -0.2) is 0 Å². The number of hydrogen-bond acceptors (Lipinski definition) is 4. The van der Waals surface area contributed by atoms with E-state index in [4.69, 9.17) is 20.8 Å². The number of benzene rings is 1. The Balaban J connectivity index is 1.83. The number of nitrogens with one attached hydrogen (secondary N) is 1. The van der Waals surface area contributed by atoms with Gasteiger partial charge in [-0.2, -0.15) is 0 Å². The summed E-state index contributed by atoms with van der Waals surface area (Å²) in [6.07, 6.45) is 0.212. The molecule has 114 valence electrons. The second-order valence-corrected chi connectivity index (χ2v) is 5.23. The number of furan rings is 1. The van der Waals surface area contributed by atoms with E-state index in [1.54, 1.807) is 7.11 Å². The molecular weight excluding hydrogens is 290 g/mol. The zero-order chi connectivity index (χ0) is 15.1. The van der Waals surface area contributed by atoms with Gasteiger partial charge in [-0.05, 0) is 37.2 Å². The number of aliphatic hydroxyl groups excluding tert-OH is 1. The highest BCUT2D eigenvalue weighted by Crippen LogP contribution is 2.28. The zero-order valence-electron chi connectivity index (χ0n) is 12.0. The first-order chi connectivity index (χ1) is 10.2. The van der Waals surface area contributed by atoms with Crippen molar-refractivity contribution in [3.8, 4) is 11.3 Å². The van der Waals surface area contributed by atoms with Crippen molar-refractivity contribution in [3.63, 3.8) is 0 Å². The molecule has 1 atom stereocenters. The molecular formula is C16H20ClNO3. The molecule has 0 spiro atoms. The Bertz CT molecular complexity index is 556. The highest BCUT2D eigenvalue weighted by molar-refractivity contribution is 6.33. The van der Waals surface area contributed by atoms with E-state index in [2.05, 4.69) is 5.32 Å². The van der Waals surface area contributed by atoms with Crippen molar-refractivity contribution in [2.24, 2.45) is 0 Å². The lowest BCUT2D eigenvalue weighted by Gasteiger charge is -2.09. The zero-order valence-corrected chi connectivity index (χ0v) is 12.8. The Morgan fingerprint density at radius 1 is 1.29 bits per heavy atom. The largest absolute Gasteiger partial charge is 0.460 e. The van der Waals surface area contributed by atoms with E-state index < -0.39 is 6.10 Å². The summed E-state index contributed by atoms with van der Waals surface area (Å²) in [4.78, 5) is 0. The predicted molar refractivity (Wildman–Crippen MR) is 83.4 cm³/mol. The second-order valence-electron chi connectivity index (χ2n) is 4.82. The third-order valence-electron chi connectivity index (χ3n) is 3.11. The first-order valence-corrected chi connectivity index (χ1v) is 7.30. The molecule has 4 nitrogen and oxygen atoms in total. The average Bonchev–Trinajstić information content (AvgIpc) is 2.93. The van der Waals surface area contributed by atoms with Gasteiger partial charge in [-0.15, -0.1) is 0 Å². The van der Waals surface area contributed by atoms with Gasteiger partial charge in [0, 0.05) is 12.7 Å². The summed E-state index contributed by atoms with van der Waals surface area (Å²) in [6, 6.07) is 11.4. The maximum atomic E-state index is 9.53. The van der Waals surface area contributed by atoms with Crippen LogP contribution in [0.5, 0.6) is 0 Å². The second kappa shape index (κ2) is 8.20. The molecule has 0 saturated carbocycles. The van der Waals surface area contributed by atoms with E-state index in [1.165, 1.54) is 0 Å². The standard InChI is InChI=1S/C16H20ClNO3/c1-20-11-12(19)8-9-18-10-13-6-7-16(21-13)14-4-2-3-5-15(14)17/h2-7,12,18-19H,8-11H2,1H3. The molecule has 5 heteroatoms. The molecule has 2 aromatic rings. The molecule has 1 heterocycles. The summed E-state index contributed by atoms with van der Waals surface area (Å²) in [5.74, 6) is 1.60. The van der Waals surface area contributed by atoms with E-state index in [0.29, 0.717) is 31.1 Å². The topological polar surface area (TPSA) is 54.6 Å². The SMILES string of the molecule is COCC(O)CCNCc1ccc(-c2ccccc2Cl)o1. The Morgan fingerprint density at radius 3 is 2.86 bits per heavy atom. The Labute approximate surface area is 129 Å². The molecule has 21 heavy (non-hydrogen) atoms. The van der Waals surface area contributed by atoms with Gasteiger partial charge in [0.25, 0.3) is 0 Å². The van der Waals surface area contributed by atoms with Crippen molar-refractivity contribution >= 4 is 11.6 Å². The van der Waals surface area contributed by atoms with Crippen LogP contribution in [0.2, 0.25) is 5.02 Å². The monoisotopic (exact) mass is 309 g/mol. The summed E-state index contributed by atoms with van der Waals surface area (Å²) in [7, 11) is 1.58. The van der Waals surface area contributed by atoms with Crippen molar-refractivity contribution in [3.05, 3.63) is 47.2 Å². The molecule has 2 rings (SSSR count). The summed E-state index contributed by atoms with van der Waals surface area (Å²) >= 11 is 6.14. The lowest BCUT2D eigenvalue weighted by molar-refractivity contribution is 0.0593. The smallest absolute Gasteiger partial charge is 0.135 e. The summed E-state index contributed by atoms with van der Waals surface area (Å²) in [5.41, 5.74) is 0.890. The molecule has 0 amide bonds. The average molecular weight is 310 g/mol. The van der Waals surface area contributed by atoms with Gasteiger partial charge in [0.15, 0.2) is 0 Å². The fourth-order valence-corrected chi connectivity index (χ4v) is 2.26. The van der Waals surface area contributed by atoms with Gasteiger partial charge < -0.3 is 19.6 Å². The van der Waals surface area contributed by atoms with Crippen LogP contribution in [0.25, 0.3) is 11.3 Å². The Morgan fingerprint density at radius 2 is 2.10 bits per heavy atom. The lowest BCUT2D eigenvalue weighted by atomic mass is 10.2. The molecule has 0 aliphatic carbocycles. The van der Waals surface area contributed by atoms with Gasteiger partial charge in [-0.3, -0.25) is 0 Å². The number of rotatable bonds is 8. The van der Waals surface area contributed by atoms with Crippen LogP contribution in [0.4, 0.5) is 0 Å². The van der Waals surface area contributed by atoms with Crippen LogP contribution in [0.15, 0.2) is 40.8 Å². The van der Waals surface area contributed by atoms with E-state index in [1.807, 2.05) is 36.4 Å². The van der Waals surface area contributed by atoms with Gasteiger partial charge >= 0.3 is 0 Å². The third-order valence-corrected chi connectivity index (χ3v) is 3.44. The molecule has 0 bridgehead atoms. The van der Waals surface area contributed by atoms with Crippen molar-refractivity contribution in [1.29, 1.82) is 0 Å². The predicted octanol–water partition coefficient (Wildman–Crippen LogP) is 3.09. The first kappa shape index (κ1) is 16.0. The number of methoxy groups -OCH3 is 1. The quantitative estimate of drug-likeness (QED) is 0.736. The van der Waals surface area contributed by atoms with Crippen LogP contribution in [0, 0.1) is 0 Å². The fraction of sp³-hybridized carbons (Fsp3) is 0.375. The minimum atomic E-state index is -0.433. The highest BCUT2D eigenvalue weighted by Gasteiger charge is 2.08. The van der Waals surface area contributed by atoms with Gasteiger partial charge in [0.2, 0.25) is 0 Å². The van der Waals surface area contributed by atoms with Gasteiger partial charge in [0.1, 0.15) is 11.5 Å².